The van der Waals surface area contributed by atoms with E-state index in [1.807, 2.05) is 0 Å². The predicted molar refractivity (Wildman–Crippen MR) is 44.2 cm³/mol. The van der Waals surface area contributed by atoms with Crippen LogP contribution < -0.4 is 5.73 Å². The minimum absolute atomic E-state index is 0.426. The van der Waals surface area contributed by atoms with Crippen molar-refractivity contribution in [2.45, 2.75) is 13.8 Å². The standard InChI is InChI=1S/C4H11N.C2H4O2P/c1-4(2)3-5;1-5(4)2-3/h4H,3,5H2,1-2H3;2H,1H3/q;+1. The molecule has 60 valence electrons. The Labute approximate surface area is 62.8 Å². The lowest BCUT2D eigenvalue weighted by atomic mass is 10.2. The average molecular weight is 164 g/mol. The van der Waals surface area contributed by atoms with Gasteiger partial charge in [-0.3, -0.25) is 0 Å². The van der Waals surface area contributed by atoms with Crippen molar-refractivity contribution in [1.29, 1.82) is 0 Å². The highest BCUT2D eigenvalue weighted by molar-refractivity contribution is 7.60. The second-order valence-corrected chi connectivity index (χ2v) is 3.58. The van der Waals surface area contributed by atoms with Gasteiger partial charge in [-0.2, -0.15) is 0 Å². The summed E-state index contributed by atoms with van der Waals surface area (Å²) in [6.07, 6.45) is 0. The number of nitrogens with two attached hydrogens (primary N) is 1. The van der Waals surface area contributed by atoms with Crippen molar-refractivity contribution < 1.29 is 9.36 Å². The summed E-state index contributed by atoms with van der Waals surface area (Å²) >= 11 is 0. The minimum atomic E-state index is -1.53. The lowest BCUT2D eigenvalue weighted by Gasteiger charge is -1.91. The van der Waals surface area contributed by atoms with Crippen LogP contribution in [0.25, 0.3) is 0 Å². The second-order valence-electron chi connectivity index (χ2n) is 2.28. The summed E-state index contributed by atoms with van der Waals surface area (Å²) in [6, 6.07) is 0.426. The fourth-order valence-electron chi connectivity index (χ4n) is 0. The molecule has 0 aromatic rings. The van der Waals surface area contributed by atoms with Crippen LogP contribution >= 0.6 is 7.80 Å². The topological polar surface area (TPSA) is 60.2 Å². The maximum atomic E-state index is 9.59. The zero-order chi connectivity index (χ0) is 8.57. The molecule has 1 unspecified atom stereocenters. The van der Waals surface area contributed by atoms with E-state index in [4.69, 9.17) is 5.73 Å². The number of carbonyl (C=O) groups is 1. The van der Waals surface area contributed by atoms with Crippen LogP contribution in [0, 0.1) is 5.92 Å². The van der Waals surface area contributed by atoms with Gasteiger partial charge in [0.05, 0.1) is 0 Å². The zero-order valence-corrected chi connectivity index (χ0v) is 7.60. The lowest BCUT2D eigenvalue weighted by molar-refractivity contribution is 0.559. The fourth-order valence-corrected chi connectivity index (χ4v) is 0. The van der Waals surface area contributed by atoms with E-state index in [0.717, 1.165) is 6.54 Å². The number of carbonyl (C=O) groups excluding carboxylic acids is 1. The number of hydrogen-bond acceptors (Lipinski definition) is 3. The normalized spacial score (nSPS) is 9.90. The predicted octanol–water partition coefficient (Wildman–Crippen LogP) is 1.23. The van der Waals surface area contributed by atoms with E-state index >= 15 is 0 Å². The van der Waals surface area contributed by atoms with Crippen LogP contribution in [0.1, 0.15) is 13.8 Å². The SMILES string of the molecule is CC(C)CN.C[P+](=O)C=O. The molecule has 0 fully saturated rings. The summed E-state index contributed by atoms with van der Waals surface area (Å²) in [6.45, 7) is 6.36. The van der Waals surface area contributed by atoms with Gasteiger partial charge in [-0.1, -0.05) is 18.4 Å². The molecule has 0 aromatic carbocycles. The summed E-state index contributed by atoms with van der Waals surface area (Å²) in [5.74, 6) is 0.662. The van der Waals surface area contributed by atoms with Crippen molar-refractivity contribution in [3.05, 3.63) is 0 Å². The molecule has 0 saturated carbocycles. The third kappa shape index (κ3) is 25.2. The summed E-state index contributed by atoms with van der Waals surface area (Å²) < 4.78 is 9.59. The first-order valence-corrected chi connectivity index (χ1v) is 4.87. The maximum Gasteiger partial charge on any atom is 0.408 e. The highest BCUT2D eigenvalue weighted by Gasteiger charge is 1.95. The second kappa shape index (κ2) is 8.73. The van der Waals surface area contributed by atoms with Crippen LogP contribution in [0.2, 0.25) is 0 Å². The van der Waals surface area contributed by atoms with Crippen LogP contribution in [-0.2, 0) is 9.36 Å². The molecule has 0 spiro atoms. The van der Waals surface area contributed by atoms with E-state index in [9.17, 15) is 9.36 Å². The third-order valence-electron chi connectivity index (χ3n) is 0.620. The molecule has 2 N–H and O–H groups in total. The van der Waals surface area contributed by atoms with Crippen molar-refractivity contribution in [1.82, 2.24) is 0 Å². The Balaban J connectivity index is 0. The lowest BCUT2D eigenvalue weighted by Crippen LogP contribution is -2.05. The molecule has 0 aliphatic heterocycles. The molecular formula is C6H15NO2P+. The molecule has 4 heteroatoms. The van der Waals surface area contributed by atoms with Crippen LogP contribution in [0.4, 0.5) is 0 Å². The highest BCUT2D eigenvalue weighted by Crippen LogP contribution is 2.03. The molecule has 0 saturated heterocycles. The molecule has 10 heavy (non-hydrogen) atoms. The number of hydrogen-bond donors (Lipinski definition) is 1. The largest absolute Gasteiger partial charge is 0.408 e. The Morgan fingerprint density at radius 1 is 1.60 bits per heavy atom. The van der Waals surface area contributed by atoms with Crippen LogP contribution in [-0.4, -0.2) is 19.2 Å². The monoisotopic (exact) mass is 164 g/mol. The quantitative estimate of drug-likeness (QED) is 0.493. The molecular weight excluding hydrogens is 149 g/mol. The Morgan fingerprint density at radius 2 is 1.80 bits per heavy atom. The van der Waals surface area contributed by atoms with Crippen molar-refractivity contribution in [3.8, 4) is 0 Å². The maximum absolute atomic E-state index is 9.59. The van der Waals surface area contributed by atoms with E-state index in [-0.39, 0.29) is 0 Å². The van der Waals surface area contributed by atoms with Gasteiger partial charge in [0.15, 0.2) is 0 Å². The van der Waals surface area contributed by atoms with Gasteiger partial charge in [-0.15, -0.1) is 0 Å². The van der Waals surface area contributed by atoms with Gasteiger partial charge in [0.2, 0.25) is 0 Å². The minimum Gasteiger partial charge on any atom is -0.330 e. The van der Waals surface area contributed by atoms with Gasteiger partial charge >= 0.3 is 13.8 Å². The van der Waals surface area contributed by atoms with E-state index in [1.165, 1.54) is 6.66 Å². The molecule has 0 aromatic heterocycles. The van der Waals surface area contributed by atoms with Crippen LogP contribution in [0.5, 0.6) is 0 Å². The Kier molecular flexibility index (Phi) is 10.8. The Hall–Kier alpha value is -0.270. The van der Waals surface area contributed by atoms with Gasteiger partial charge in [0.1, 0.15) is 6.66 Å². The van der Waals surface area contributed by atoms with Crippen LogP contribution in [0.15, 0.2) is 0 Å². The first kappa shape index (κ1) is 12.4. The smallest absolute Gasteiger partial charge is 0.330 e. The van der Waals surface area contributed by atoms with Crippen molar-refractivity contribution in [2.24, 2.45) is 11.7 Å². The van der Waals surface area contributed by atoms with Gasteiger partial charge in [-0.25, -0.2) is 4.79 Å². The molecule has 0 radical (unpaired) electrons. The van der Waals surface area contributed by atoms with Crippen molar-refractivity contribution in [3.63, 3.8) is 0 Å². The fraction of sp³-hybridized carbons (Fsp3) is 0.833. The van der Waals surface area contributed by atoms with Gasteiger partial charge in [0, 0.05) is 0 Å². The van der Waals surface area contributed by atoms with Gasteiger partial charge in [-0.05, 0) is 12.5 Å². The van der Waals surface area contributed by atoms with E-state index in [0.29, 0.717) is 11.9 Å². The molecule has 0 heterocycles. The molecule has 3 nitrogen and oxygen atoms in total. The van der Waals surface area contributed by atoms with Crippen molar-refractivity contribution >= 4 is 13.8 Å². The first-order chi connectivity index (χ1) is 4.54. The Morgan fingerprint density at radius 3 is 1.80 bits per heavy atom. The van der Waals surface area contributed by atoms with E-state index in [2.05, 4.69) is 13.8 Å². The first-order valence-electron chi connectivity index (χ1n) is 3.09. The molecule has 0 amide bonds. The van der Waals surface area contributed by atoms with Crippen molar-refractivity contribution in [2.75, 3.05) is 13.2 Å². The molecule has 0 rings (SSSR count). The summed E-state index contributed by atoms with van der Waals surface area (Å²) in [5.41, 5.74) is 5.17. The zero-order valence-electron chi connectivity index (χ0n) is 6.70. The van der Waals surface area contributed by atoms with Gasteiger partial charge in [0.25, 0.3) is 0 Å². The highest BCUT2D eigenvalue weighted by atomic mass is 31.1. The van der Waals surface area contributed by atoms with E-state index < -0.39 is 7.80 Å². The summed E-state index contributed by atoms with van der Waals surface area (Å²) in [5, 5.41) is 0. The molecule has 0 bridgehead atoms. The average Bonchev–Trinajstić information content (AvgIpc) is 1.89. The van der Waals surface area contributed by atoms with Crippen LogP contribution in [0.3, 0.4) is 0 Å². The third-order valence-corrected chi connectivity index (χ3v) is 0.917. The molecule has 0 aliphatic rings. The number of rotatable bonds is 2. The summed E-state index contributed by atoms with van der Waals surface area (Å²) in [7, 11) is -1.53. The molecule has 1 atom stereocenters. The Bertz CT molecular complexity index is 104. The van der Waals surface area contributed by atoms with E-state index in [1.54, 1.807) is 0 Å². The van der Waals surface area contributed by atoms with Gasteiger partial charge < -0.3 is 5.73 Å². The summed E-state index contributed by atoms with van der Waals surface area (Å²) in [4.78, 5) is 9.22. The molecule has 0 aliphatic carbocycles.